The van der Waals surface area contributed by atoms with Crippen LogP contribution in [0.1, 0.15) is 58.7 Å². The number of fused-ring (bicyclic) bond motifs is 1. The van der Waals surface area contributed by atoms with E-state index in [4.69, 9.17) is 16.3 Å². The summed E-state index contributed by atoms with van der Waals surface area (Å²) >= 11 is 6.01. The molecule has 1 atom stereocenters. The Morgan fingerprint density at radius 2 is 1.35 bits per heavy atom. The molecule has 0 saturated heterocycles. The Hall–Kier alpha value is -4.55. The first-order chi connectivity index (χ1) is 17.8. The Labute approximate surface area is 218 Å². The van der Waals surface area contributed by atoms with Gasteiger partial charge in [0.1, 0.15) is 0 Å². The number of rotatable bonds is 6. The standard InChI is InChI=1S/C30H20ClNO5/c1-18-11-12-21(17-25(18)32-28(34)23-9-5-6-10-24(23)29(32)35)30(36)37-27(20-13-15-22(31)16-14-20)26(33)19-7-3-2-4-8-19/h2-17,27H,1H3/t27-/m0/s1. The van der Waals surface area contributed by atoms with E-state index in [1.165, 1.54) is 12.1 Å². The minimum Gasteiger partial charge on any atom is -0.445 e. The summed E-state index contributed by atoms with van der Waals surface area (Å²) in [5.41, 5.74) is 2.44. The van der Waals surface area contributed by atoms with Gasteiger partial charge in [0.25, 0.3) is 11.8 Å². The maximum atomic E-state index is 13.3. The molecule has 0 aliphatic carbocycles. The summed E-state index contributed by atoms with van der Waals surface area (Å²) in [6.45, 7) is 1.74. The number of halogens is 1. The van der Waals surface area contributed by atoms with Crippen molar-refractivity contribution in [3.63, 3.8) is 0 Å². The highest BCUT2D eigenvalue weighted by atomic mass is 35.5. The average Bonchev–Trinajstić information content (AvgIpc) is 3.18. The number of carbonyl (C=O) groups excluding carboxylic acids is 4. The normalized spacial score (nSPS) is 13.3. The zero-order valence-electron chi connectivity index (χ0n) is 19.7. The number of hydrogen-bond acceptors (Lipinski definition) is 5. The summed E-state index contributed by atoms with van der Waals surface area (Å²) in [5, 5.41) is 0.477. The number of Topliss-reactive ketones (excluding diaryl/α,β-unsaturated/α-hetero) is 1. The molecule has 1 aliphatic rings. The fourth-order valence-corrected chi connectivity index (χ4v) is 4.35. The third-order valence-corrected chi connectivity index (χ3v) is 6.43. The molecule has 0 unspecified atom stereocenters. The van der Waals surface area contributed by atoms with E-state index >= 15 is 0 Å². The molecule has 182 valence electrons. The fraction of sp³-hybridized carbons (Fsp3) is 0.0667. The predicted molar refractivity (Wildman–Crippen MR) is 139 cm³/mol. The number of esters is 1. The minimum atomic E-state index is -1.23. The third-order valence-electron chi connectivity index (χ3n) is 6.17. The number of amides is 2. The SMILES string of the molecule is Cc1ccc(C(=O)O[C@H](C(=O)c2ccccc2)c2ccc(Cl)cc2)cc1N1C(=O)c2ccccc2C1=O. The van der Waals surface area contributed by atoms with E-state index < -0.39 is 29.7 Å². The second-order valence-corrected chi connectivity index (χ2v) is 9.00. The summed E-state index contributed by atoms with van der Waals surface area (Å²) in [6, 6.07) is 26.2. The molecule has 4 aromatic carbocycles. The molecular formula is C30H20ClNO5. The lowest BCUT2D eigenvalue weighted by atomic mass is 9.99. The van der Waals surface area contributed by atoms with Crippen molar-refractivity contribution in [3.05, 3.63) is 135 Å². The van der Waals surface area contributed by atoms with Crippen molar-refractivity contribution in [3.8, 4) is 0 Å². The molecular weight excluding hydrogens is 490 g/mol. The lowest BCUT2D eigenvalue weighted by Crippen LogP contribution is -2.30. The Bertz CT molecular complexity index is 1510. The minimum absolute atomic E-state index is 0.0944. The Morgan fingerprint density at radius 3 is 1.97 bits per heavy atom. The topological polar surface area (TPSA) is 80.8 Å². The summed E-state index contributed by atoms with van der Waals surface area (Å²) in [5.74, 6) is -2.11. The van der Waals surface area contributed by atoms with E-state index in [1.54, 1.807) is 91.9 Å². The first kappa shape index (κ1) is 24.2. The lowest BCUT2D eigenvalue weighted by Gasteiger charge is -2.20. The van der Waals surface area contributed by atoms with Gasteiger partial charge in [0.05, 0.1) is 22.4 Å². The summed E-state index contributed by atoms with van der Waals surface area (Å²) < 4.78 is 5.73. The second kappa shape index (κ2) is 9.84. The molecule has 6 nitrogen and oxygen atoms in total. The molecule has 4 aromatic rings. The van der Waals surface area contributed by atoms with Gasteiger partial charge in [-0.15, -0.1) is 0 Å². The highest BCUT2D eigenvalue weighted by Crippen LogP contribution is 2.32. The summed E-state index contributed by atoms with van der Waals surface area (Å²) in [4.78, 5) is 53.7. The first-order valence-corrected chi connectivity index (χ1v) is 11.9. The van der Waals surface area contributed by atoms with Crippen LogP contribution in [0.2, 0.25) is 5.02 Å². The molecule has 1 aliphatic heterocycles. The van der Waals surface area contributed by atoms with Gasteiger partial charge in [-0.25, -0.2) is 9.69 Å². The fourth-order valence-electron chi connectivity index (χ4n) is 4.22. The van der Waals surface area contributed by atoms with Gasteiger partial charge in [0.15, 0.2) is 6.10 Å². The van der Waals surface area contributed by atoms with Gasteiger partial charge in [-0.3, -0.25) is 14.4 Å². The van der Waals surface area contributed by atoms with Crippen molar-refractivity contribution in [2.24, 2.45) is 0 Å². The number of benzene rings is 4. The van der Waals surface area contributed by atoms with Gasteiger partial charge in [0.2, 0.25) is 5.78 Å². The molecule has 0 spiro atoms. The maximum Gasteiger partial charge on any atom is 0.339 e. The van der Waals surface area contributed by atoms with Crippen molar-refractivity contribution in [2.45, 2.75) is 13.0 Å². The van der Waals surface area contributed by atoms with Gasteiger partial charge in [0, 0.05) is 16.1 Å². The molecule has 0 bridgehead atoms. The van der Waals surface area contributed by atoms with Crippen molar-refractivity contribution >= 4 is 40.9 Å². The van der Waals surface area contributed by atoms with Crippen LogP contribution >= 0.6 is 11.6 Å². The highest BCUT2D eigenvalue weighted by molar-refractivity contribution is 6.34. The number of ketones is 1. The molecule has 0 saturated carbocycles. The van der Waals surface area contributed by atoms with E-state index in [1.807, 2.05) is 0 Å². The number of nitrogens with zero attached hydrogens (tertiary/aromatic N) is 1. The van der Waals surface area contributed by atoms with E-state index in [-0.39, 0.29) is 11.3 Å². The van der Waals surface area contributed by atoms with Crippen LogP contribution < -0.4 is 4.90 Å². The van der Waals surface area contributed by atoms with Gasteiger partial charge in [-0.2, -0.15) is 0 Å². The Kier molecular flexibility index (Phi) is 6.42. The predicted octanol–water partition coefficient (Wildman–Crippen LogP) is 6.23. The summed E-state index contributed by atoms with van der Waals surface area (Å²) in [7, 11) is 0. The second-order valence-electron chi connectivity index (χ2n) is 8.56. The van der Waals surface area contributed by atoms with Crippen LogP contribution in [0.4, 0.5) is 5.69 Å². The Balaban J connectivity index is 1.48. The molecule has 7 heteroatoms. The monoisotopic (exact) mass is 509 g/mol. The molecule has 5 rings (SSSR count). The van der Waals surface area contributed by atoms with Crippen LogP contribution in [0, 0.1) is 6.92 Å². The number of hydrogen-bond donors (Lipinski definition) is 0. The molecule has 0 N–H and O–H groups in total. The molecule has 0 fully saturated rings. The van der Waals surface area contributed by atoms with E-state index in [2.05, 4.69) is 0 Å². The molecule has 0 aromatic heterocycles. The summed E-state index contributed by atoms with van der Waals surface area (Å²) in [6.07, 6.45) is -1.23. The average molecular weight is 510 g/mol. The quantitative estimate of drug-likeness (QED) is 0.175. The van der Waals surface area contributed by atoms with Crippen LogP contribution in [0.5, 0.6) is 0 Å². The van der Waals surface area contributed by atoms with Crippen LogP contribution in [0.3, 0.4) is 0 Å². The maximum absolute atomic E-state index is 13.3. The van der Waals surface area contributed by atoms with Gasteiger partial charge in [-0.1, -0.05) is 72.3 Å². The van der Waals surface area contributed by atoms with Crippen LogP contribution in [-0.2, 0) is 4.74 Å². The van der Waals surface area contributed by atoms with Crippen molar-refractivity contribution in [2.75, 3.05) is 4.90 Å². The Morgan fingerprint density at radius 1 is 0.757 bits per heavy atom. The van der Waals surface area contributed by atoms with Crippen LogP contribution in [0.25, 0.3) is 0 Å². The number of aryl methyl sites for hydroxylation is 1. The van der Waals surface area contributed by atoms with E-state index in [0.717, 1.165) is 4.90 Å². The number of carbonyl (C=O) groups is 4. The number of imide groups is 1. The van der Waals surface area contributed by atoms with E-state index in [9.17, 15) is 19.2 Å². The van der Waals surface area contributed by atoms with Gasteiger partial charge < -0.3 is 4.74 Å². The smallest absolute Gasteiger partial charge is 0.339 e. The number of anilines is 1. The van der Waals surface area contributed by atoms with Crippen LogP contribution in [0.15, 0.2) is 97.1 Å². The van der Waals surface area contributed by atoms with Crippen LogP contribution in [-0.4, -0.2) is 23.6 Å². The van der Waals surface area contributed by atoms with Gasteiger partial charge >= 0.3 is 5.97 Å². The highest BCUT2D eigenvalue weighted by Gasteiger charge is 2.37. The molecule has 37 heavy (non-hydrogen) atoms. The third kappa shape index (κ3) is 4.55. The van der Waals surface area contributed by atoms with E-state index in [0.29, 0.717) is 32.8 Å². The number of ether oxygens (including phenoxy) is 1. The zero-order chi connectivity index (χ0) is 26.1. The van der Waals surface area contributed by atoms with Gasteiger partial charge in [-0.05, 0) is 48.9 Å². The lowest BCUT2D eigenvalue weighted by molar-refractivity contribution is 0.0280. The van der Waals surface area contributed by atoms with Crippen molar-refractivity contribution < 1.29 is 23.9 Å². The largest absolute Gasteiger partial charge is 0.445 e. The van der Waals surface area contributed by atoms with Crippen molar-refractivity contribution in [1.82, 2.24) is 0 Å². The molecule has 2 amide bonds. The molecule has 1 heterocycles. The first-order valence-electron chi connectivity index (χ1n) is 11.5. The zero-order valence-corrected chi connectivity index (χ0v) is 20.4. The van der Waals surface area contributed by atoms with Crippen molar-refractivity contribution in [1.29, 1.82) is 0 Å². The molecule has 0 radical (unpaired) electrons.